The number of hydrogen-bond acceptors (Lipinski definition) is 2. The van der Waals surface area contributed by atoms with E-state index < -0.39 is 11.6 Å². The van der Waals surface area contributed by atoms with Crippen molar-refractivity contribution < 1.29 is 13.6 Å². The quantitative estimate of drug-likeness (QED) is 0.827. The van der Waals surface area contributed by atoms with Gasteiger partial charge < -0.3 is 4.90 Å². The van der Waals surface area contributed by atoms with E-state index in [1.54, 1.807) is 12.4 Å². The van der Waals surface area contributed by atoms with Gasteiger partial charge in [0.05, 0.1) is 6.42 Å². The summed E-state index contributed by atoms with van der Waals surface area (Å²) in [6.45, 7) is 1.42. The molecule has 1 atom stereocenters. The maximum Gasteiger partial charge on any atom is 0.227 e. The number of piperidine rings is 1. The third-order valence-corrected chi connectivity index (χ3v) is 4.81. The molecular weight excluding hydrogens is 322 g/mol. The van der Waals surface area contributed by atoms with Crippen molar-refractivity contribution in [3.63, 3.8) is 0 Å². The normalized spacial score (nSPS) is 17.5. The summed E-state index contributed by atoms with van der Waals surface area (Å²) in [5.41, 5.74) is 1.06. The molecule has 0 aliphatic carbocycles. The monoisotopic (exact) mass is 344 g/mol. The summed E-state index contributed by atoms with van der Waals surface area (Å²) >= 11 is 0. The zero-order valence-electron chi connectivity index (χ0n) is 14.1. The van der Waals surface area contributed by atoms with Gasteiger partial charge >= 0.3 is 0 Å². The fourth-order valence-corrected chi connectivity index (χ4v) is 3.44. The Hall–Kier alpha value is -2.30. The van der Waals surface area contributed by atoms with Crippen LogP contribution in [0.25, 0.3) is 0 Å². The van der Waals surface area contributed by atoms with Gasteiger partial charge in [-0.2, -0.15) is 0 Å². The van der Waals surface area contributed by atoms with Gasteiger partial charge in [-0.3, -0.25) is 9.78 Å². The molecule has 0 N–H and O–H groups in total. The Morgan fingerprint density at radius 1 is 1.20 bits per heavy atom. The fraction of sp³-hybridized carbons (Fsp3) is 0.400. The van der Waals surface area contributed by atoms with E-state index in [9.17, 15) is 13.6 Å². The molecule has 0 saturated carbocycles. The molecule has 1 aliphatic rings. The van der Waals surface area contributed by atoms with Crippen LogP contribution in [0.5, 0.6) is 0 Å². The maximum atomic E-state index is 13.7. The molecule has 0 radical (unpaired) electrons. The van der Waals surface area contributed by atoms with Crippen LogP contribution in [0.15, 0.2) is 42.7 Å². The Morgan fingerprint density at radius 3 is 2.72 bits per heavy atom. The fourth-order valence-electron chi connectivity index (χ4n) is 3.44. The Labute approximate surface area is 146 Å². The summed E-state index contributed by atoms with van der Waals surface area (Å²) in [6, 6.07) is 7.69. The number of likely N-dealkylation sites (tertiary alicyclic amines) is 1. The topological polar surface area (TPSA) is 33.2 Å². The highest BCUT2D eigenvalue weighted by atomic mass is 19.1. The van der Waals surface area contributed by atoms with Gasteiger partial charge in [0.2, 0.25) is 5.91 Å². The first kappa shape index (κ1) is 17.5. The highest BCUT2D eigenvalue weighted by Crippen LogP contribution is 2.24. The van der Waals surface area contributed by atoms with Crippen molar-refractivity contribution in [2.45, 2.75) is 32.1 Å². The van der Waals surface area contributed by atoms with E-state index in [0.717, 1.165) is 24.9 Å². The van der Waals surface area contributed by atoms with E-state index in [2.05, 4.69) is 4.98 Å². The largest absolute Gasteiger partial charge is 0.342 e. The Balaban J connectivity index is 1.55. The number of halogens is 2. The zero-order chi connectivity index (χ0) is 17.6. The van der Waals surface area contributed by atoms with Gasteiger partial charge in [0, 0.05) is 31.0 Å². The lowest BCUT2D eigenvalue weighted by molar-refractivity contribution is -0.132. The van der Waals surface area contributed by atoms with Gasteiger partial charge in [-0.05, 0) is 55.4 Å². The summed E-state index contributed by atoms with van der Waals surface area (Å²) in [5.74, 6) is -0.596. The maximum absolute atomic E-state index is 13.7. The Kier molecular flexibility index (Phi) is 5.74. The van der Waals surface area contributed by atoms with Crippen LogP contribution in [-0.2, 0) is 17.6 Å². The van der Waals surface area contributed by atoms with Crippen molar-refractivity contribution >= 4 is 5.91 Å². The number of carbonyl (C=O) groups excluding carboxylic acids is 1. The highest BCUT2D eigenvalue weighted by molar-refractivity contribution is 5.78. The van der Waals surface area contributed by atoms with Gasteiger partial charge in [-0.25, -0.2) is 8.78 Å². The van der Waals surface area contributed by atoms with Crippen LogP contribution >= 0.6 is 0 Å². The molecule has 1 aliphatic heterocycles. The number of benzene rings is 1. The van der Waals surface area contributed by atoms with Crippen molar-refractivity contribution in [2.24, 2.45) is 5.92 Å². The first-order valence-corrected chi connectivity index (χ1v) is 8.73. The van der Waals surface area contributed by atoms with Crippen molar-refractivity contribution in [1.82, 2.24) is 9.88 Å². The molecule has 0 bridgehead atoms. The van der Waals surface area contributed by atoms with E-state index in [-0.39, 0.29) is 17.4 Å². The molecule has 2 heterocycles. The summed E-state index contributed by atoms with van der Waals surface area (Å²) in [5, 5.41) is 0. The van der Waals surface area contributed by atoms with Crippen LogP contribution in [0.3, 0.4) is 0 Å². The lowest BCUT2D eigenvalue weighted by Crippen LogP contribution is -2.40. The lowest BCUT2D eigenvalue weighted by atomic mass is 9.91. The van der Waals surface area contributed by atoms with Crippen LogP contribution in [0.4, 0.5) is 8.78 Å². The summed E-state index contributed by atoms with van der Waals surface area (Å²) in [4.78, 5) is 18.4. The molecule has 2 aromatic rings. The molecule has 1 saturated heterocycles. The molecule has 25 heavy (non-hydrogen) atoms. The predicted molar refractivity (Wildman–Crippen MR) is 91.9 cm³/mol. The second-order valence-electron chi connectivity index (χ2n) is 6.62. The summed E-state index contributed by atoms with van der Waals surface area (Å²) in [6.07, 6.45) is 6.73. The summed E-state index contributed by atoms with van der Waals surface area (Å²) < 4.78 is 27.5. The lowest BCUT2D eigenvalue weighted by Gasteiger charge is -2.33. The molecule has 0 unspecified atom stereocenters. The average Bonchev–Trinajstić information content (AvgIpc) is 2.62. The second-order valence-corrected chi connectivity index (χ2v) is 6.62. The smallest absolute Gasteiger partial charge is 0.227 e. The Bertz CT molecular complexity index is 701. The second kappa shape index (κ2) is 8.19. The minimum Gasteiger partial charge on any atom is -0.342 e. The minimum absolute atomic E-state index is 0.0924. The van der Waals surface area contributed by atoms with E-state index in [1.807, 2.05) is 17.0 Å². The van der Waals surface area contributed by atoms with E-state index in [1.165, 1.54) is 18.2 Å². The first-order valence-electron chi connectivity index (χ1n) is 8.73. The Morgan fingerprint density at radius 2 is 2.00 bits per heavy atom. The predicted octanol–water partition coefficient (Wildman–Crippen LogP) is 3.77. The zero-order valence-corrected chi connectivity index (χ0v) is 14.1. The number of carbonyl (C=O) groups is 1. The standard InChI is InChI=1S/C20H22F2N2O/c21-18-6-1-7-19(22)17(18)9-8-15-5-3-11-24(14-15)20(25)12-16-4-2-10-23-13-16/h1-2,4,6-7,10,13,15H,3,5,8-9,11-12,14H2/t15-/m0/s1. The molecule has 0 spiro atoms. The van der Waals surface area contributed by atoms with Gasteiger partial charge in [0.1, 0.15) is 11.6 Å². The number of pyridine rings is 1. The highest BCUT2D eigenvalue weighted by Gasteiger charge is 2.24. The average molecular weight is 344 g/mol. The van der Waals surface area contributed by atoms with Crippen LogP contribution in [0, 0.1) is 17.6 Å². The van der Waals surface area contributed by atoms with E-state index in [0.29, 0.717) is 25.8 Å². The van der Waals surface area contributed by atoms with Gasteiger partial charge in [-0.1, -0.05) is 12.1 Å². The first-order chi connectivity index (χ1) is 12.1. The van der Waals surface area contributed by atoms with E-state index >= 15 is 0 Å². The molecule has 3 rings (SSSR count). The van der Waals surface area contributed by atoms with Crippen molar-refractivity contribution in [3.8, 4) is 0 Å². The van der Waals surface area contributed by atoms with Crippen LogP contribution in [-0.4, -0.2) is 28.9 Å². The van der Waals surface area contributed by atoms with Crippen LogP contribution in [0.2, 0.25) is 0 Å². The minimum atomic E-state index is -0.486. The number of hydrogen-bond donors (Lipinski definition) is 0. The number of rotatable bonds is 5. The molecule has 1 aromatic heterocycles. The van der Waals surface area contributed by atoms with Crippen molar-refractivity contribution in [1.29, 1.82) is 0 Å². The molecule has 132 valence electrons. The molecule has 1 amide bonds. The molecule has 5 heteroatoms. The van der Waals surface area contributed by atoms with Gasteiger partial charge in [-0.15, -0.1) is 0 Å². The van der Waals surface area contributed by atoms with Gasteiger partial charge in [0.15, 0.2) is 0 Å². The summed E-state index contributed by atoms with van der Waals surface area (Å²) in [7, 11) is 0. The number of nitrogens with zero attached hydrogens (tertiary/aromatic N) is 2. The van der Waals surface area contributed by atoms with E-state index in [4.69, 9.17) is 0 Å². The van der Waals surface area contributed by atoms with Gasteiger partial charge in [0.25, 0.3) is 0 Å². The molecule has 1 aromatic carbocycles. The molecule has 3 nitrogen and oxygen atoms in total. The number of amides is 1. The van der Waals surface area contributed by atoms with Crippen LogP contribution in [0.1, 0.15) is 30.4 Å². The van der Waals surface area contributed by atoms with Crippen molar-refractivity contribution in [3.05, 3.63) is 65.5 Å². The third kappa shape index (κ3) is 4.62. The molecular formula is C20H22F2N2O. The third-order valence-electron chi connectivity index (χ3n) is 4.81. The SMILES string of the molecule is O=C(Cc1cccnc1)N1CCC[C@@H](CCc2c(F)cccc2F)C1. The molecule has 1 fully saturated rings. The number of aromatic nitrogens is 1. The van der Waals surface area contributed by atoms with Crippen molar-refractivity contribution in [2.75, 3.05) is 13.1 Å². The van der Waals surface area contributed by atoms with Crippen LogP contribution < -0.4 is 0 Å².